The Morgan fingerprint density at radius 3 is 2.05 bits per heavy atom. The van der Waals surface area contributed by atoms with Gasteiger partial charge in [-0.05, 0) is 30.0 Å². The number of allylic oxidation sites excluding steroid dienone is 5. The van der Waals surface area contributed by atoms with Gasteiger partial charge in [-0.2, -0.15) is 0 Å². The molecule has 1 rings (SSSR count). The lowest BCUT2D eigenvalue weighted by Crippen LogP contribution is -1.82. The van der Waals surface area contributed by atoms with Gasteiger partial charge in [0.25, 0.3) is 0 Å². The van der Waals surface area contributed by atoms with Gasteiger partial charge in [-0.1, -0.05) is 75.9 Å². The van der Waals surface area contributed by atoms with Crippen LogP contribution in [0.3, 0.4) is 0 Å². The summed E-state index contributed by atoms with van der Waals surface area (Å²) in [6, 6.07) is 8.57. The van der Waals surface area contributed by atoms with Gasteiger partial charge in [0.05, 0.1) is 0 Å². The fraction of sp³-hybridized carbons (Fsp3) is 0.333. The van der Waals surface area contributed by atoms with E-state index in [-0.39, 0.29) is 0 Å². The molecule has 1 N–H and O–H groups in total. The van der Waals surface area contributed by atoms with Crippen LogP contribution in [-0.2, 0) is 6.42 Å². The van der Waals surface area contributed by atoms with Crippen LogP contribution in [0.15, 0.2) is 55.1 Å². The summed E-state index contributed by atoms with van der Waals surface area (Å²) in [4.78, 5) is 0. The molecule has 0 saturated carbocycles. The fourth-order valence-electron chi connectivity index (χ4n) is 1.33. The van der Waals surface area contributed by atoms with Crippen LogP contribution in [0.5, 0.6) is 0 Å². The molecule has 0 spiro atoms. The standard InChI is InChI=1S/C15H18.C2H6.CH4O/c1-4-6-7-8-13(3)15-11-9-14(5-2)10-12-15;2*1-2/h4,6-12H,3,5H2,1-2H3;1-2H3;2H,1H3/b6-4-,8-7-;;. The second kappa shape index (κ2) is 14.5. The molecular weight excluding hydrogens is 232 g/mol. The third-order valence-electron chi connectivity index (χ3n) is 2.33. The summed E-state index contributed by atoms with van der Waals surface area (Å²) in [6.45, 7) is 12.2. The van der Waals surface area contributed by atoms with E-state index in [0.29, 0.717) is 0 Å². The summed E-state index contributed by atoms with van der Waals surface area (Å²) in [5.74, 6) is 0. The monoisotopic (exact) mass is 260 g/mol. The molecule has 19 heavy (non-hydrogen) atoms. The van der Waals surface area contributed by atoms with E-state index >= 15 is 0 Å². The molecule has 0 aromatic heterocycles. The summed E-state index contributed by atoms with van der Waals surface area (Å²) in [6.07, 6.45) is 9.13. The van der Waals surface area contributed by atoms with Crippen LogP contribution in [-0.4, -0.2) is 12.2 Å². The average molecular weight is 260 g/mol. The Labute approximate surface area is 119 Å². The van der Waals surface area contributed by atoms with Gasteiger partial charge in [-0.25, -0.2) is 0 Å². The Balaban J connectivity index is 0. The van der Waals surface area contributed by atoms with Crippen molar-refractivity contribution in [1.82, 2.24) is 0 Å². The SMILES string of the molecule is C=C(/C=C\C=C/C)c1ccc(CC)cc1.CC.CO. The maximum atomic E-state index is 7.00. The van der Waals surface area contributed by atoms with E-state index in [0.717, 1.165) is 19.1 Å². The molecule has 0 fully saturated rings. The van der Waals surface area contributed by atoms with Gasteiger partial charge >= 0.3 is 0 Å². The number of hydrogen-bond donors (Lipinski definition) is 1. The number of benzene rings is 1. The fourth-order valence-corrected chi connectivity index (χ4v) is 1.33. The van der Waals surface area contributed by atoms with Crippen LogP contribution in [0.1, 0.15) is 38.8 Å². The molecule has 0 amide bonds. The van der Waals surface area contributed by atoms with Crippen LogP contribution in [0.4, 0.5) is 0 Å². The van der Waals surface area contributed by atoms with Crippen molar-refractivity contribution in [3.05, 3.63) is 66.3 Å². The zero-order valence-electron chi connectivity index (χ0n) is 13.0. The van der Waals surface area contributed by atoms with Gasteiger partial charge in [-0.15, -0.1) is 0 Å². The number of aryl methyl sites for hydroxylation is 1. The van der Waals surface area contributed by atoms with E-state index in [4.69, 9.17) is 5.11 Å². The first kappa shape index (κ1) is 19.7. The summed E-state index contributed by atoms with van der Waals surface area (Å²) in [5.41, 5.74) is 3.60. The number of hydrogen-bond acceptors (Lipinski definition) is 1. The van der Waals surface area contributed by atoms with Crippen LogP contribution in [0, 0.1) is 0 Å². The predicted molar refractivity (Wildman–Crippen MR) is 88.3 cm³/mol. The van der Waals surface area contributed by atoms with Gasteiger partial charge in [0.1, 0.15) is 0 Å². The lowest BCUT2D eigenvalue weighted by molar-refractivity contribution is 0.399. The third kappa shape index (κ3) is 9.04. The molecule has 0 radical (unpaired) electrons. The van der Waals surface area contributed by atoms with E-state index in [9.17, 15) is 0 Å². The minimum Gasteiger partial charge on any atom is -0.400 e. The maximum Gasteiger partial charge on any atom is 0.0319 e. The first-order valence-electron chi connectivity index (χ1n) is 6.80. The van der Waals surface area contributed by atoms with Gasteiger partial charge in [0.15, 0.2) is 0 Å². The second-order valence-electron chi connectivity index (χ2n) is 3.46. The molecule has 0 aliphatic heterocycles. The highest BCUT2D eigenvalue weighted by Gasteiger charge is 1.94. The minimum atomic E-state index is 1.00. The number of rotatable bonds is 4. The Morgan fingerprint density at radius 1 is 1.11 bits per heavy atom. The van der Waals surface area contributed by atoms with Crippen molar-refractivity contribution in [3.8, 4) is 0 Å². The summed E-state index contributed by atoms with van der Waals surface area (Å²) < 4.78 is 0. The first-order valence-corrected chi connectivity index (χ1v) is 6.80. The highest BCUT2D eigenvalue weighted by molar-refractivity contribution is 5.72. The molecule has 0 atom stereocenters. The predicted octanol–water partition coefficient (Wildman–Crippen LogP) is 5.03. The van der Waals surface area contributed by atoms with Crippen LogP contribution < -0.4 is 0 Å². The lowest BCUT2D eigenvalue weighted by atomic mass is 10.0. The van der Waals surface area contributed by atoms with Gasteiger partial charge < -0.3 is 5.11 Å². The van der Waals surface area contributed by atoms with Gasteiger partial charge in [-0.3, -0.25) is 0 Å². The molecular formula is C18H28O. The first-order chi connectivity index (χ1) is 9.27. The largest absolute Gasteiger partial charge is 0.400 e. The zero-order chi connectivity index (χ0) is 15.1. The van der Waals surface area contributed by atoms with E-state index in [2.05, 4.69) is 37.8 Å². The molecule has 1 aromatic rings. The smallest absolute Gasteiger partial charge is 0.0319 e. The van der Waals surface area contributed by atoms with Gasteiger partial charge in [0.2, 0.25) is 0 Å². The van der Waals surface area contributed by atoms with Crippen LogP contribution >= 0.6 is 0 Å². The molecule has 0 saturated heterocycles. The van der Waals surface area contributed by atoms with Crippen molar-refractivity contribution in [2.24, 2.45) is 0 Å². The molecule has 0 bridgehead atoms. The molecule has 1 nitrogen and oxygen atoms in total. The Hall–Kier alpha value is -1.60. The molecule has 0 aliphatic carbocycles. The van der Waals surface area contributed by atoms with Crippen molar-refractivity contribution >= 4 is 5.57 Å². The molecule has 1 aromatic carbocycles. The second-order valence-corrected chi connectivity index (χ2v) is 3.46. The van der Waals surface area contributed by atoms with E-state index in [1.54, 1.807) is 0 Å². The summed E-state index contributed by atoms with van der Waals surface area (Å²) >= 11 is 0. The molecule has 0 unspecified atom stereocenters. The number of aliphatic hydroxyl groups is 1. The topological polar surface area (TPSA) is 20.2 Å². The Bertz CT molecular complexity index is 369. The Morgan fingerprint density at radius 2 is 1.63 bits per heavy atom. The van der Waals surface area contributed by atoms with E-state index in [1.807, 2.05) is 45.1 Å². The highest BCUT2D eigenvalue weighted by Crippen LogP contribution is 2.14. The minimum absolute atomic E-state index is 1.00. The molecule has 106 valence electrons. The quantitative estimate of drug-likeness (QED) is 0.753. The number of aliphatic hydroxyl groups excluding tert-OH is 1. The normalized spacial score (nSPS) is 9.58. The molecule has 0 aliphatic rings. The van der Waals surface area contributed by atoms with Crippen LogP contribution in [0.2, 0.25) is 0 Å². The Kier molecular flexibility index (Phi) is 15.0. The van der Waals surface area contributed by atoms with Crippen molar-refractivity contribution in [1.29, 1.82) is 0 Å². The summed E-state index contributed by atoms with van der Waals surface area (Å²) in [7, 11) is 1.00. The van der Waals surface area contributed by atoms with Crippen LogP contribution in [0.25, 0.3) is 5.57 Å². The van der Waals surface area contributed by atoms with E-state index in [1.165, 1.54) is 11.1 Å². The molecule has 0 heterocycles. The third-order valence-corrected chi connectivity index (χ3v) is 2.33. The van der Waals surface area contributed by atoms with Crippen molar-refractivity contribution in [3.63, 3.8) is 0 Å². The van der Waals surface area contributed by atoms with Crippen molar-refractivity contribution in [2.45, 2.75) is 34.1 Å². The lowest BCUT2D eigenvalue weighted by Gasteiger charge is -2.01. The van der Waals surface area contributed by atoms with Gasteiger partial charge in [0, 0.05) is 7.11 Å². The summed E-state index contributed by atoms with van der Waals surface area (Å²) in [5, 5.41) is 7.00. The van der Waals surface area contributed by atoms with E-state index < -0.39 is 0 Å². The maximum absolute atomic E-state index is 7.00. The highest BCUT2D eigenvalue weighted by atomic mass is 16.2. The van der Waals surface area contributed by atoms with Crippen molar-refractivity contribution in [2.75, 3.05) is 7.11 Å². The van der Waals surface area contributed by atoms with Crippen molar-refractivity contribution < 1.29 is 5.11 Å². The average Bonchev–Trinajstić information content (AvgIpc) is 2.51. The zero-order valence-corrected chi connectivity index (χ0v) is 13.0. The molecule has 1 heteroatoms.